The second kappa shape index (κ2) is 7.38. The highest BCUT2D eigenvalue weighted by Crippen LogP contribution is 2.32. The minimum atomic E-state index is -4.66. The van der Waals surface area contributed by atoms with E-state index in [1.165, 1.54) is 6.07 Å². The summed E-state index contributed by atoms with van der Waals surface area (Å²) in [7, 11) is 0. The summed E-state index contributed by atoms with van der Waals surface area (Å²) >= 11 is 0. The number of rotatable bonds is 7. The summed E-state index contributed by atoms with van der Waals surface area (Å²) in [6.45, 7) is 4.70. The molecule has 1 aromatic carbocycles. The number of hydrogen-bond acceptors (Lipinski definition) is 2. The van der Waals surface area contributed by atoms with Crippen molar-refractivity contribution in [2.24, 2.45) is 0 Å². The SMILES string of the molecule is CCCCC(NCC)c1ccccc1OC(F)(F)F. The van der Waals surface area contributed by atoms with E-state index < -0.39 is 6.36 Å². The van der Waals surface area contributed by atoms with Gasteiger partial charge in [-0.25, -0.2) is 0 Å². The Bertz CT molecular complexity index is 379. The first-order valence-corrected chi connectivity index (χ1v) is 6.56. The molecule has 0 radical (unpaired) electrons. The summed E-state index contributed by atoms with van der Waals surface area (Å²) in [6.07, 6.45) is -1.90. The lowest BCUT2D eigenvalue weighted by Gasteiger charge is -2.21. The summed E-state index contributed by atoms with van der Waals surface area (Å²) in [6, 6.07) is 6.22. The quantitative estimate of drug-likeness (QED) is 0.795. The van der Waals surface area contributed by atoms with E-state index in [0.717, 1.165) is 19.3 Å². The van der Waals surface area contributed by atoms with Crippen LogP contribution in [0.25, 0.3) is 0 Å². The maximum Gasteiger partial charge on any atom is 0.573 e. The van der Waals surface area contributed by atoms with Crippen LogP contribution in [0.2, 0.25) is 0 Å². The average molecular weight is 275 g/mol. The van der Waals surface area contributed by atoms with Gasteiger partial charge in [-0.3, -0.25) is 0 Å². The molecule has 0 heterocycles. The lowest BCUT2D eigenvalue weighted by molar-refractivity contribution is -0.275. The number of alkyl halides is 3. The highest BCUT2D eigenvalue weighted by Gasteiger charge is 2.32. The van der Waals surface area contributed by atoms with Crippen molar-refractivity contribution in [3.63, 3.8) is 0 Å². The van der Waals surface area contributed by atoms with Crippen LogP contribution in [0.4, 0.5) is 13.2 Å². The van der Waals surface area contributed by atoms with Crippen molar-refractivity contribution in [2.75, 3.05) is 6.54 Å². The molecule has 19 heavy (non-hydrogen) atoms. The largest absolute Gasteiger partial charge is 0.573 e. The molecule has 1 rings (SSSR count). The fourth-order valence-electron chi connectivity index (χ4n) is 2.01. The van der Waals surface area contributed by atoms with E-state index in [9.17, 15) is 13.2 Å². The van der Waals surface area contributed by atoms with E-state index in [4.69, 9.17) is 0 Å². The molecule has 0 saturated heterocycles. The van der Waals surface area contributed by atoms with Crippen LogP contribution in [0.1, 0.15) is 44.7 Å². The van der Waals surface area contributed by atoms with Crippen LogP contribution in [-0.4, -0.2) is 12.9 Å². The predicted octanol–water partition coefficient (Wildman–Crippen LogP) is 4.43. The Balaban J connectivity index is 2.94. The van der Waals surface area contributed by atoms with Gasteiger partial charge >= 0.3 is 6.36 Å². The Morgan fingerprint density at radius 3 is 2.47 bits per heavy atom. The van der Waals surface area contributed by atoms with Gasteiger partial charge in [0.1, 0.15) is 5.75 Å². The smallest absolute Gasteiger partial charge is 0.405 e. The van der Waals surface area contributed by atoms with Crippen LogP contribution in [0.15, 0.2) is 24.3 Å². The summed E-state index contributed by atoms with van der Waals surface area (Å²) < 4.78 is 41.2. The highest BCUT2D eigenvalue weighted by molar-refractivity contribution is 5.36. The van der Waals surface area contributed by atoms with E-state index in [1.807, 2.05) is 6.92 Å². The lowest BCUT2D eigenvalue weighted by Crippen LogP contribution is -2.24. The third kappa shape index (κ3) is 5.51. The van der Waals surface area contributed by atoms with E-state index >= 15 is 0 Å². The molecule has 1 atom stereocenters. The zero-order chi connectivity index (χ0) is 14.3. The van der Waals surface area contributed by atoms with Gasteiger partial charge in [-0.05, 0) is 19.0 Å². The molecule has 0 amide bonds. The Hall–Kier alpha value is -1.23. The minimum absolute atomic E-state index is 0.108. The summed E-state index contributed by atoms with van der Waals surface area (Å²) in [5, 5.41) is 3.21. The van der Waals surface area contributed by atoms with Crippen molar-refractivity contribution in [2.45, 2.75) is 45.5 Å². The van der Waals surface area contributed by atoms with E-state index in [0.29, 0.717) is 12.1 Å². The second-order valence-electron chi connectivity index (χ2n) is 4.34. The number of nitrogens with one attached hydrogen (secondary N) is 1. The van der Waals surface area contributed by atoms with Gasteiger partial charge in [0.05, 0.1) is 0 Å². The molecular weight excluding hydrogens is 255 g/mol. The van der Waals surface area contributed by atoms with Gasteiger partial charge in [0.15, 0.2) is 0 Å². The van der Waals surface area contributed by atoms with Crippen LogP contribution in [0, 0.1) is 0 Å². The number of para-hydroxylation sites is 1. The average Bonchev–Trinajstić information content (AvgIpc) is 2.33. The van der Waals surface area contributed by atoms with Crippen molar-refractivity contribution in [3.05, 3.63) is 29.8 Å². The first kappa shape index (κ1) is 15.8. The maximum absolute atomic E-state index is 12.4. The van der Waals surface area contributed by atoms with E-state index in [1.54, 1.807) is 18.2 Å². The summed E-state index contributed by atoms with van der Waals surface area (Å²) in [5.74, 6) is -0.114. The molecular formula is C14H20F3NO. The van der Waals surface area contributed by atoms with E-state index in [-0.39, 0.29) is 11.8 Å². The molecule has 0 saturated carbocycles. The van der Waals surface area contributed by atoms with Crippen molar-refractivity contribution < 1.29 is 17.9 Å². The number of ether oxygens (including phenoxy) is 1. The van der Waals surface area contributed by atoms with E-state index in [2.05, 4.69) is 17.0 Å². The maximum atomic E-state index is 12.4. The molecule has 0 bridgehead atoms. The highest BCUT2D eigenvalue weighted by atomic mass is 19.4. The minimum Gasteiger partial charge on any atom is -0.405 e. The van der Waals surface area contributed by atoms with Gasteiger partial charge in [0.2, 0.25) is 0 Å². The summed E-state index contributed by atoms with van der Waals surface area (Å²) in [4.78, 5) is 0. The molecule has 1 unspecified atom stereocenters. The first-order valence-electron chi connectivity index (χ1n) is 6.56. The monoisotopic (exact) mass is 275 g/mol. The lowest BCUT2D eigenvalue weighted by atomic mass is 10.00. The Morgan fingerprint density at radius 1 is 1.21 bits per heavy atom. The van der Waals surface area contributed by atoms with Gasteiger partial charge in [0.25, 0.3) is 0 Å². The number of halogens is 3. The molecule has 0 spiro atoms. The molecule has 0 aliphatic carbocycles. The molecule has 1 aromatic rings. The molecule has 1 N–H and O–H groups in total. The molecule has 0 fully saturated rings. The zero-order valence-electron chi connectivity index (χ0n) is 11.3. The van der Waals surface area contributed by atoms with Crippen molar-refractivity contribution in [1.29, 1.82) is 0 Å². The zero-order valence-corrected chi connectivity index (χ0v) is 11.3. The molecule has 0 aliphatic heterocycles. The third-order valence-electron chi connectivity index (χ3n) is 2.82. The Labute approximate surface area is 112 Å². The summed E-state index contributed by atoms with van der Waals surface area (Å²) in [5.41, 5.74) is 0.565. The fourth-order valence-corrected chi connectivity index (χ4v) is 2.01. The molecule has 0 aromatic heterocycles. The topological polar surface area (TPSA) is 21.3 Å². The fraction of sp³-hybridized carbons (Fsp3) is 0.571. The van der Waals surface area contributed by atoms with Crippen LogP contribution >= 0.6 is 0 Å². The van der Waals surface area contributed by atoms with Crippen molar-refractivity contribution in [3.8, 4) is 5.75 Å². The Kier molecular flexibility index (Phi) is 6.15. The molecule has 0 aliphatic rings. The van der Waals surface area contributed by atoms with Crippen LogP contribution in [0.5, 0.6) is 5.75 Å². The third-order valence-corrected chi connectivity index (χ3v) is 2.82. The van der Waals surface area contributed by atoms with Gasteiger partial charge < -0.3 is 10.1 Å². The number of unbranched alkanes of at least 4 members (excludes halogenated alkanes) is 1. The van der Waals surface area contributed by atoms with Gasteiger partial charge in [-0.2, -0.15) is 0 Å². The normalized spacial score (nSPS) is 13.3. The van der Waals surface area contributed by atoms with Crippen LogP contribution in [-0.2, 0) is 0 Å². The molecule has 5 heteroatoms. The van der Waals surface area contributed by atoms with Crippen LogP contribution < -0.4 is 10.1 Å². The van der Waals surface area contributed by atoms with Gasteiger partial charge in [-0.1, -0.05) is 44.9 Å². The van der Waals surface area contributed by atoms with Gasteiger partial charge in [-0.15, -0.1) is 13.2 Å². The van der Waals surface area contributed by atoms with Crippen LogP contribution in [0.3, 0.4) is 0 Å². The predicted molar refractivity (Wildman–Crippen MR) is 69.1 cm³/mol. The molecule has 2 nitrogen and oxygen atoms in total. The van der Waals surface area contributed by atoms with Gasteiger partial charge in [0, 0.05) is 11.6 Å². The first-order chi connectivity index (χ1) is 8.98. The van der Waals surface area contributed by atoms with Crippen molar-refractivity contribution in [1.82, 2.24) is 5.32 Å². The standard InChI is InChI=1S/C14H20F3NO/c1-3-5-9-12(18-4-2)11-8-6-7-10-13(11)19-14(15,16)17/h6-8,10,12,18H,3-5,9H2,1-2H3. The Morgan fingerprint density at radius 2 is 1.89 bits per heavy atom. The van der Waals surface area contributed by atoms with Crippen molar-refractivity contribution >= 4 is 0 Å². The number of benzene rings is 1. The second-order valence-corrected chi connectivity index (χ2v) is 4.34. The number of hydrogen-bond donors (Lipinski definition) is 1. The molecule has 108 valence electrons.